The molecule has 0 amide bonds. The van der Waals surface area contributed by atoms with Crippen LogP contribution >= 0.6 is 0 Å². The van der Waals surface area contributed by atoms with E-state index in [1.54, 1.807) is 6.92 Å². The van der Waals surface area contributed by atoms with Crippen molar-refractivity contribution in [2.45, 2.75) is 133 Å². The SMILES string of the molecule is CC(=O)O[C@@H]1CC[C@]2(C)[C@H]3CCC4=C5[C@@H](C)[C@H](C)CC[C@]5(C)CC[C@@]4(C)[C@]3(C)CC[C@H]2C1(C)C. The highest BCUT2D eigenvalue weighted by molar-refractivity contribution is 5.66. The van der Waals surface area contributed by atoms with Crippen LogP contribution in [0.5, 0.6) is 0 Å². The molecular weight excluding hydrogens is 416 g/mol. The Morgan fingerprint density at radius 3 is 2.21 bits per heavy atom. The molecule has 0 aromatic heterocycles. The molecule has 34 heavy (non-hydrogen) atoms. The van der Waals surface area contributed by atoms with E-state index in [-0.39, 0.29) is 17.5 Å². The number of ether oxygens (including phenoxy) is 1. The molecule has 9 atom stereocenters. The fourth-order valence-electron chi connectivity index (χ4n) is 11.2. The van der Waals surface area contributed by atoms with Gasteiger partial charge in [0.15, 0.2) is 0 Å². The largest absolute Gasteiger partial charge is 0.462 e. The van der Waals surface area contributed by atoms with Crippen molar-refractivity contribution in [1.29, 1.82) is 0 Å². The van der Waals surface area contributed by atoms with E-state index >= 15 is 0 Å². The lowest BCUT2D eigenvalue weighted by atomic mass is 9.34. The zero-order chi connectivity index (χ0) is 24.9. The number of esters is 1. The fraction of sp³-hybridized carbons (Fsp3) is 0.906. The Bertz CT molecular complexity index is 899. The van der Waals surface area contributed by atoms with Gasteiger partial charge in [0.25, 0.3) is 0 Å². The molecule has 5 aliphatic carbocycles. The lowest BCUT2D eigenvalue weighted by molar-refractivity contribution is -0.213. The molecule has 0 unspecified atom stereocenters. The number of allylic oxidation sites excluding steroid dienone is 2. The molecule has 5 rings (SSSR count). The molecule has 0 saturated heterocycles. The molecular formula is C32H52O2. The van der Waals surface area contributed by atoms with E-state index in [1.807, 2.05) is 11.1 Å². The number of carbonyl (C=O) groups excluding carboxylic acids is 1. The third kappa shape index (κ3) is 3.08. The van der Waals surface area contributed by atoms with E-state index in [2.05, 4.69) is 55.4 Å². The summed E-state index contributed by atoms with van der Waals surface area (Å²) in [7, 11) is 0. The van der Waals surface area contributed by atoms with Gasteiger partial charge in [-0.1, -0.05) is 66.5 Å². The van der Waals surface area contributed by atoms with Gasteiger partial charge in [0.1, 0.15) is 6.10 Å². The highest BCUT2D eigenvalue weighted by Gasteiger charge is 2.67. The van der Waals surface area contributed by atoms with Crippen molar-refractivity contribution in [1.82, 2.24) is 0 Å². The first-order valence-corrected chi connectivity index (χ1v) is 14.6. The van der Waals surface area contributed by atoms with Crippen molar-refractivity contribution in [2.24, 2.45) is 50.7 Å². The van der Waals surface area contributed by atoms with Crippen LogP contribution in [0.15, 0.2) is 11.1 Å². The minimum absolute atomic E-state index is 0.0537. The van der Waals surface area contributed by atoms with Crippen LogP contribution in [0.1, 0.15) is 127 Å². The van der Waals surface area contributed by atoms with E-state index in [4.69, 9.17) is 4.74 Å². The zero-order valence-corrected chi connectivity index (χ0v) is 23.8. The average molecular weight is 469 g/mol. The van der Waals surface area contributed by atoms with Crippen LogP contribution in [-0.2, 0) is 9.53 Å². The lowest BCUT2D eigenvalue weighted by Gasteiger charge is -2.71. The minimum Gasteiger partial charge on any atom is -0.462 e. The van der Waals surface area contributed by atoms with Gasteiger partial charge in [-0.2, -0.15) is 0 Å². The number of hydrogen-bond donors (Lipinski definition) is 0. The molecule has 4 fully saturated rings. The Labute approximate surface area is 210 Å². The van der Waals surface area contributed by atoms with Crippen LogP contribution in [0.25, 0.3) is 0 Å². The van der Waals surface area contributed by atoms with E-state index in [9.17, 15) is 4.79 Å². The predicted octanol–water partition coefficient (Wildman–Crippen LogP) is 8.74. The van der Waals surface area contributed by atoms with Crippen LogP contribution in [0.3, 0.4) is 0 Å². The summed E-state index contributed by atoms with van der Waals surface area (Å²) in [5, 5.41) is 0. The zero-order valence-electron chi connectivity index (χ0n) is 23.8. The summed E-state index contributed by atoms with van der Waals surface area (Å²) >= 11 is 0. The molecule has 0 radical (unpaired) electrons. The second-order valence-electron chi connectivity index (χ2n) is 15.2. The molecule has 0 spiro atoms. The maximum Gasteiger partial charge on any atom is 0.302 e. The molecule has 0 aromatic rings. The molecule has 0 heterocycles. The van der Waals surface area contributed by atoms with Gasteiger partial charge in [0.2, 0.25) is 0 Å². The van der Waals surface area contributed by atoms with Crippen molar-refractivity contribution in [3.8, 4) is 0 Å². The van der Waals surface area contributed by atoms with Gasteiger partial charge < -0.3 is 4.74 Å². The van der Waals surface area contributed by atoms with Crippen LogP contribution in [0.4, 0.5) is 0 Å². The number of fused-ring (bicyclic) bond motifs is 6. The number of hydrogen-bond acceptors (Lipinski definition) is 2. The van der Waals surface area contributed by atoms with Gasteiger partial charge in [-0.05, 0) is 110 Å². The first kappa shape index (κ1) is 24.9. The molecule has 0 bridgehead atoms. The normalized spacial score (nSPS) is 52.1. The Hall–Kier alpha value is -0.790. The van der Waals surface area contributed by atoms with Gasteiger partial charge in [-0.15, -0.1) is 0 Å². The van der Waals surface area contributed by atoms with Crippen LogP contribution < -0.4 is 0 Å². The summed E-state index contributed by atoms with van der Waals surface area (Å²) in [6, 6.07) is 0. The maximum absolute atomic E-state index is 11.9. The highest BCUT2D eigenvalue weighted by Crippen LogP contribution is 2.75. The summed E-state index contributed by atoms with van der Waals surface area (Å²) in [5.74, 6) is 2.88. The molecule has 0 aliphatic heterocycles. The molecule has 0 N–H and O–H groups in total. The fourth-order valence-corrected chi connectivity index (χ4v) is 11.2. The van der Waals surface area contributed by atoms with Crippen molar-refractivity contribution < 1.29 is 9.53 Å². The second-order valence-corrected chi connectivity index (χ2v) is 15.2. The van der Waals surface area contributed by atoms with Gasteiger partial charge >= 0.3 is 5.97 Å². The second kappa shape index (κ2) is 7.61. The van der Waals surface area contributed by atoms with Gasteiger partial charge in [-0.25, -0.2) is 0 Å². The summed E-state index contributed by atoms with van der Waals surface area (Å²) in [6.07, 6.45) is 13.2. The smallest absolute Gasteiger partial charge is 0.302 e. The summed E-state index contributed by atoms with van der Waals surface area (Å²) in [4.78, 5) is 11.9. The Morgan fingerprint density at radius 1 is 0.824 bits per heavy atom. The summed E-state index contributed by atoms with van der Waals surface area (Å²) in [6.45, 7) is 22.1. The average Bonchev–Trinajstić information content (AvgIpc) is 2.74. The third-order valence-corrected chi connectivity index (χ3v) is 13.5. The topological polar surface area (TPSA) is 26.3 Å². The molecule has 4 saturated carbocycles. The molecule has 2 heteroatoms. The Morgan fingerprint density at radius 2 is 1.53 bits per heavy atom. The molecule has 0 aromatic carbocycles. The number of carbonyl (C=O) groups is 1. The third-order valence-electron chi connectivity index (χ3n) is 13.5. The van der Waals surface area contributed by atoms with Gasteiger partial charge in [0.05, 0.1) is 0 Å². The molecule has 2 nitrogen and oxygen atoms in total. The minimum atomic E-state index is -0.107. The monoisotopic (exact) mass is 468 g/mol. The quantitative estimate of drug-likeness (QED) is 0.284. The summed E-state index contributed by atoms with van der Waals surface area (Å²) < 4.78 is 5.91. The van der Waals surface area contributed by atoms with Crippen LogP contribution in [0, 0.1) is 50.7 Å². The van der Waals surface area contributed by atoms with E-state index in [0.29, 0.717) is 27.6 Å². The van der Waals surface area contributed by atoms with Gasteiger partial charge in [-0.3, -0.25) is 4.79 Å². The Kier molecular flexibility index (Phi) is 5.57. The first-order valence-electron chi connectivity index (χ1n) is 14.6. The van der Waals surface area contributed by atoms with Crippen molar-refractivity contribution >= 4 is 5.97 Å². The van der Waals surface area contributed by atoms with Crippen molar-refractivity contribution in [3.63, 3.8) is 0 Å². The van der Waals surface area contributed by atoms with Crippen LogP contribution in [0.2, 0.25) is 0 Å². The summed E-state index contributed by atoms with van der Waals surface area (Å²) in [5.41, 5.74) is 5.40. The van der Waals surface area contributed by atoms with E-state index < -0.39 is 0 Å². The molecule has 192 valence electrons. The standard InChI is InChI=1S/C32H52O2/c1-20-12-15-29(6)18-19-31(8)23(27(29)21(20)2)10-11-25-30(7)16-14-26(34-22(3)33)28(4,5)24(30)13-17-32(25,31)9/h20-21,24-26H,10-19H2,1-9H3/t20-,21+,24+,25-,26-,29-,30+,31-,32-/m1/s1. The maximum atomic E-state index is 11.9. The van der Waals surface area contributed by atoms with Crippen LogP contribution in [-0.4, -0.2) is 12.1 Å². The first-order chi connectivity index (χ1) is 15.7. The highest BCUT2D eigenvalue weighted by atomic mass is 16.5. The number of rotatable bonds is 1. The predicted molar refractivity (Wildman–Crippen MR) is 140 cm³/mol. The van der Waals surface area contributed by atoms with E-state index in [1.165, 1.54) is 57.8 Å². The van der Waals surface area contributed by atoms with E-state index in [0.717, 1.165) is 24.2 Å². The lowest BCUT2D eigenvalue weighted by Crippen LogP contribution is -2.64. The van der Waals surface area contributed by atoms with Gasteiger partial charge in [0, 0.05) is 12.3 Å². The Balaban J connectivity index is 1.55. The van der Waals surface area contributed by atoms with Crippen molar-refractivity contribution in [2.75, 3.05) is 0 Å². The van der Waals surface area contributed by atoms with Crippen molar-refractivity contribution in [3.05, 3.63) is 11.1 Å². The molecule has 5 aliphatic rings.